The molecule has 1 fully saturated rings. The molecule has 0 bridgehead atoms. The van der Waals surface area contributed by atoms with Gasteiger partial charge >= 0.3 is 0 Å². The Bertz CT molecular complexity index is 1530. The molecular weight excluding hydrogens is 466 g/mol. The summed E-state index contributed by atoms with van der Waals surface area (Å²) >= 11 is 0. The average molecular weight is 494 g/mol. The molecular formula is C29H27N5O3. The van der Waals surface area contributed by atoms with E-state index in [9.17, 15) is 14.7 Å². The van der Waals surface area contributed by atoms with Crippen molar-refractivity contribution in [2.75, 3.05) is 6.54 Å². The van der Waals surface area contributed by atoms with Gasteiger partial charge in [-0.1, -0.05) is 48.5 Å². The van der Waals surface area contributed by atoms with Crippen LogP contribution in [0.3, 0.4) is 0 Å². The van der Waals surface area contributed by atoms with Gasteiger partial charge in [-0.15, -0.1) is 0 Å². The molecule has 3 heterocycles. The second kappa shape index (κ2) is 9.05. The first-order chi connectivity index (χ1) is 17.9. The lowest BCUT2D eigenvalue weighted by Crippen LogP contribution is -2.42. The third kappa shape index (κ3) is 4.23. The number of nitrogens with one attached hydrogen (secondary N) is 1. The predicted octanol–water partition coefficient (Wildman–Crippen LogP) is 3.23. The number of aliphatic hydroxyl groups is 1. The van der Waals surface area contributed by atoms with Gasteiger partial charge in [-0.2, -0.15) is 0 Å². The highest BCUT2D eigenvalue weighted by molar-refractivity contribution is 5.83. The number of rotatable bonds is 5. The number of hydrogen-bond acceptors (Lipinski definition) is 6. The quantitative estimate of drug-likeness (QED) is 0.442. The maximum absolute atomic E-state index is 13.3. The van der Waals surface area contributed by atoms with Gasteiger partial charge in [0.25, 0.3) is 11.5 Å². The fraction of sp³-hybridized carbons (Fsp3) is 0.276. The first-order valence-corrected chi connectivity index (χ1v) is 12.5. The molecule has 0 saturated heterocycles. The Labute approximate surface area is 214 Å². The second-order valence-electron chi connectivity index (χ2n) is 9.84. The van der Waals surface area contributed by atoms with Crippen LogP contribution in [0.5, 0.6) is 0 Å². The predicted molar refractivity (Wildman–Crippen MR) is 138 cm³/mol. The van der Waals surface area contributed by atoms with Gasteiger partial charge in [-0.3, -0.25) is 9.59 Å². The zero-order chi connectivity index (χ0) is 25.6. The van der Waals surface area contributed by atoms with Crippen molar-refractivity contribution in [2.45, 2.75) is 44.2 Å². The second-order valence-corrected chi connectivity index (χ2v) is 9.84. The van der Waals surface area contributed by atoms with Crippen LogP contribution in [0.2, 0.25) is 0 Å². The summed E-state index contributed by atoms with van der Waals surface area (Å²) in [5.41, 5.74) is 4.04. The molecule has 1 saturated carbocycles. The Morgan fingerprint density at radius 3 is 2.54 bits per heavy atom. The first-order valence-electron chi connectivity index (χ1n) is 12.5. The number of fused-ring (bicyclic) bond motifs is 1. The van der Waals surface area contributed by atoms with Gasteiger partial charge < -0.3 is 15.0 Å². The van der Waals surface area contributed by atoms with E-state index in [0.717, 1.165) is 35.2 Å². The maximum Gasteiger partial charge on any atom is 0.256 e. The van der Waals surface area contributed by atoms with Gasteiger partial charge in [0.2, 0.25) is 0 Å². The highest BCUT2D eigenvalue weighted by Gasteiger charge is 2.48. The van der Waals surface area contributed by atoms with Gasteiger partial charge in [0.1, 0.15) is 11.6 Å². The van der Waals surface area contributed by atoms with Crippen molar-refractivity contribution in [2.24, 2.45) is 0 Å². The van der Waals surface area contributed by atoms with Gasteiger partial charge in [-0.05, 0) is 42.5 Å². The van der Waals surface area contributed by atoms with Crippen LogP contribution in [-0.4, -0.2) is 42.4 Å². The molecule has 0 spiro atoms. The summed E-state index contributed by atoms with van der Waals surface area (Å²) in [6, 6.07) is 17.3. The molecule has 1 atom stereocenters. The molecule has 2 N–H and O–H groups in total. The van der Waals surface area contributed by atoms with Crippen LogP contribution in [0, 0.1) is 6.92 Å². The lowest BCUT2D eigenvalue weighted by molar-refractivity contribution is -0.141. The SMILES string of the molecule is Cc1ncc(-c2cccc(C(O)C(=O)N3CCc4nc(C5(c6ccccc6)CC5)[nH]c(=O)c4C3)c2)cn1. The third-order valence-corrected chi connectivity index (χ3v) is 7.46. The number of nitrogens with zero attached hydrogens (tertiary/aromatic N) is 4. The smallest absolute Gasteiger partial charge is 0.256 e. The van der Waals surface area contributed by atoms with Crippen LogP contribution in [0.15, 0.2) is 71.8 Å². The van der Waals surface area contributed by atoms with Crippen molar-refractivity contribution in [3.05, 3.63) is 111 Å². The summed E-state index contributed by atoms with van der Waals surface area (Å²) in [5, 5.41) is 10.9. The van der Waals surface area contributed by atoms with Crippen LogP contribution in [0.25, 0.3) is 11.1 Å². The van der Waals surface area contributed by atoms with E-state index in [1.807, 2.05) is 31.2 Å². The minimum absolute atomic E-state index is 0.123. The number of H-pyrrole nitrogens is 1. The Balaban J connectivity index is 1.22. The number of hydrogen-bond donors (Lipinski definition) is 2. The number of amides is 1. The first kappa shape index (κ1) is 23.2. The van der Waals surface area contributed by atoms with Crippen LogP contribution in [0.4, 0.5) is 0 Å². The summed E-state index contributed by atoms with van der Waals surface area (Å²) in [5.74, 6) is 0.943. The van der Waals surface area contributed by atoms with Gasteiger partial charge in [0, 0.05) is 30.9 Å². The summed E-state index contributed by atoms with van der Waals surface area (Å²) in [4.78, 5) is 44.2. The molecule has 1 aliphatic heterocycles. The molecule has 1 unspecified atom stereocenters. The normalized spacial score (nSPS) is 16.6. The monoisotopic (exact) mass is 493 g/mol. The lowest BCUT2D eigenvalue weighted by Gasteiger charge is -2.30. The van der Waals surface area contributed by atoms with E-state index in [0.29, 0.717) is 35.7 Å². The molecule has 1 amide bonds. The van der Waals surface area contributed by atoms with Crippen molar-refractivity contribution in [3.8, 4) is 11.1 Å². The Morgan fingerprint density at radius 2 is 1.81 bits per heavy atom. The van der Waals surface area contributed by atoms with Crippen molar-refractivity contribution < 1.29 is 9.90 Å². The van der Waals surface area contributed by atoms with Crippen LogP contribution in [0.1, 0.15) is 53.0 Å². The Kier molecular flexibility index (Phi) is 5.68. The van der Waals surface area contributed by atoms with E-state index in [4.69, 9.17) is 4.98 Å². The van der Waals surface area contributed by atoms with E-state index in [-0.39, 0.29) is 17.5 Å². The number of aromatic amines is 1. The molecule has 186 valence electrons. The zero-order valence-corrected chi connectivity index (χ0v) is 20.5. The number of aryl methyl sites for hydroxylation is 1. The minimum Gasteiger partial charge on any atom is -0.378 e. The number of carbonyl (C=O) groups excluding carboxylic acids is 1. The molecule has 37 heavy (non-hydrogen) atoms. The fourth-order valence-corrected chi connectivity index (χ4v) is 5.13. The number of aromatic nitrogens is 4. The summed E-state index contributed by atoms with van der Waals surface area (Å²) in [6.07, 6.45) is 4.46. The Morgan fingerprint density at radius 1 is 1.05 bits per heavy atom. The minimum atomic E-state index is -1.34. The molecule has 1 aliphatic carbocycles. The van der Waals surface area contributed by atoms with E-state index >= 15 is 0 Å². The molecule has 8 nitrogen and oxygen atoms in total. The van der Waals surface area contributed by atoms with E-state index in [1.165, 1.54) is 4.90 Å². The zero-order valence-electron chi connectivity index (χ0n) is 20.5. The molecule has 2 aromatic heterocycles. The standard InChI is InChI=1S/C29H27N5O3/c1-18-30-15-21(16-31-18)19-6-5-7-20(14-19)25(35)27(37)34-13-10-24-23(17-34)26(36)33-28(32-24)29(11-12-29)22-8-3-2-4-9-22/h2-9,14-16,25,35H,10-13,17H2,1H3,(H,32,33,36). The fourth-order valence-electron chi connectivity index (χ4n) is 5.13. The van der Waals surface area contributed by atoms with Gasteiger partial charge in [0.05, 0.1) is 23.2 Å². The van der Waals surface area contributed by atoms with Crippen LogP contribution < -0.4 is 5.56 Å². The molecule has 0 radical (unpaired) electrons. The summed E-state index contributed by atoms with van der Waals surface area (Å²) in [6.45, 7) is 2.33. The molecule has 8 heteroatoms. The molecule has 2 aliphatic rings. The summed E-state index contributed by atoms with van der Waals surface area (Å²) in [7, 11) is 0. The van der Waals surface area contributed by atoms with E-state index < -0.39 is 12.0 Å². The highest BCUT2D eigenvalue weighted by Crippen LogP contribution is 2.51. The largest absolute Gasteiger partial charge is 0.378 e. The van der Waals surface area contributed by atoms with Gasteiger partial charge in [-0.25, -0.2) is 15.0 Å². The topological polar surface area (TPSA) is 112 Å². The molecule has 4 aromatic rings. The maximum atomic E-state index is 13.3. The van der Waals surface area contributed by atoms with Crippen molar-refractivity contribution in [1.82, 2.24) is 24.8 Å². The summed E-state index contributed by atoms with van der Waals surface area (Å²) < 4.78 is 0. The van der Waals surface area contributed by atoms with E-state index in [1.54, 1.807) is 30.6 Å². The van der Waals surface area contributed by atoms with Crippen LogP contribution in [-0.2, 0) is 23.2 Å². The van der Waals surface area contributed by atoms with Crippen molar-refractivity contribution >= 4 is 5.91 Å². The average Bonchev–Trinajstić information content (AvgIpc) is 3.75. The molecule has 6 rings (SSSR count). The van der Waals surface area contributed by atoms with Crippen molar-refractivity contribution in [1.29, 1.82) is 0 Å². The number of carbonyl (C=O) groups is 1. The lowest BCUT2D eigenvalue weighted by atomic mass is 9.94. The van der Waals surface area contributed by atoms with Crippen LogP contribution >= 0.6 is 0 Å². The molecule has 2 aromatic carbocycles. The van der Waals surface area contributed by atoms with Crippen molar-refractivity contribution in [3.63, 3.8) is 0 Å². The van der Waals surface area contributed by atoms with Gasteiger partial charge in [0.15, 0.2) is 6.10 Å². The third-order valence-electron chi connectivity index (χ3n) is 7.46. The Hall–Kier alpha value is -4.17. The highest BCUT2D eigenvalue weighted by atomic mass is 16.3. The number of benzene rings is 2. The van der Waals surface area contributed by atoms with E-state index in [2.05, 4.69) is 27.1 Å². The number of aliphatic hydroxyl groups excluding tert-OH is 1.